The molecule has 2 aliphatic heterocycles. The van der Waals surface area contributed by atoms with Gasteiger partial charge in [0.05, 0.1) is 23.8 Å². The molecule has 41 heavy (non-hydrogen) atoms. The number of carbonyl (C=O) groups excluding carboxylic acids is 2. The first-order valence-electron chi connectivity index (χ1n) is 14.3. The molecule has 0 unspecified atom stereocenters. The second-order valence-corrected chi connectivity index (χ2v) is 14.1. The summed E-state index contributed by atoms with van der Waals surface area (Å²) in [7, 11) is -2.73. The number of ether oxygens (including phenoxy) is 2. The van der Waals surface area contributed by atoms with Crippen molar-refractivity contribution in [2.24, 2.45) is 11.8 Å². The Morgan fingerprint density at radius 3 is 2.68 bits per heavy atom. The van der Waals surface area contributed by atoms with Crippen molar-refractivity contribution < 1.29 is 27.5 Å². The van der Waals surface area contributed by atoms with Crippen molar-refractivity contribution in [3.05, 3.63) is 52.5 Å². The van der Waals surface area contributed by atoms with Gasteiger partial charge in [-0.05, 0) is 92.3 Å². The minimum absolute atomic E-state index is 0.0215. The molecule has 6 rings (SSSR count). The van der Waals surface area contributed by atoms with Gasteiger partial charge in [0, 0.05) is 30.6 Å². The molecule has 0 radical (unpaired) electrons. The van der Waals surface area contributed by atoms with E-state index in [1.54, 1.807) is 12.1 Å². The molecule has 4 atom stereocenters. The van der Waals surface area contributed by atoms with E-state index in [4.69, 9.17) is 21.1 Å². The normalized spacial score (nSPS) is 29.9. The molecule has 1 N–H and O–H groups in total. The number of hydrogen-bond donors (Lipinski definition) is 1. The highest BCUT2D eigenvalue weighted by molar-refractivity contribution is 7.90. The van der Waals surface area contributed by atoms with Crippen molar-refractivity contribution in [2.75, 3.05) is 44.9 Å². The van der Waals surface area contributed by atoms with Crippen LogP contribution < -0.4 is 14.4 Å². The molecule has 2 amide bonds. The first kappa shape index (κ1) is 28.3. The molecule has 1 fully saturated rings. The van der Waals surface area contributed by atoms with Gasteiger partial charge in [0.25, 0.3) is 15.9 Å². The zero-order valence-corrected chi connectivity index (χ0v) is 25.0. The number of anilines is 1. The minimum Gasteiger partial charge on any atom is -0.490 e. The lowest BCUT2D eigenvalue weighted by atomic mass is 9.69. The maximum absolute atomic E-state index is 13.4. The Hall–Kier alpha value is -2.82. The number of likely N-dealkylation sites (N-methyl/N-ethyl adjacent to an activating group) is 1. The van der Waals surface area contributed by atoms with Crippen LogP contribution in [0.5, 0.6) is 5.75 Å². The number of aryl methyl sites for hydroxylation is 1. The first-order chi connectivity index (χ1) is 19.6. The summed E-state index contributed by atoms with van der Waals surface area (Å²) in [5, 5.41) is 0.719. The van der Waals surface area contributed by atoms with Gasteiger partial charge in [-0.25, -0.2) is 13.1 Å². The van der Waals surface area contributed by atoms with Gasteiger partial charge in [-0.3, -0.25) is 9.59 Å². The Morgan fingerprint density at radius 2 is 1.90 bits per heavy atom. The minimum atomic E-state index is -4.21. The van der Waals surface area contributed by atoms with E-state index in [0.29, 0.717) is 43.7 Å². The summed E-state index contributed by atoms with van der Waals surface area (Å²) < 4.78 is 41.3. The summed E-state index contributed by atoms with van der Waals surface area (Å²) in [6, 6.07) is 9.89. The topological polar surface area (TPSA) is 105 Å². The van der Waals surface area contributed by atoms with Gasteiger partial charge in [-0.1, -0.05) is 17.7 Å². The number of nitrogens with one attached hydrogen (secondary N) is 1. The molecular weight excluding hydrogens is 566 g/mol. The Balaban J connectivity index is 1.41. The molecule has 2 aromatic rings. The van der Waals surface area contributed by atoms with E-state index in [9.17, 15) is 18.0 Å². The Labute approximate surface area is 246 Å². The summed E-state index contributed by atoms with van der Waals surface area (Å²) in [6.07, 6.45) is 4.94. The Morgan fingerprint density at radius 1 is 1.10 bits per heavy atom. The summed E-state index contributed by atoms with van der Waals surface area (Å²) in [5.74, 6) is 0.0783. The van der Waals surface area contributed by atoms with Gasteiger partial charge < -0.3 is 19.3 Å². The number of halogens is 1. The number of fused-ring (bicyclic) bond motifs is 4. The zero-order chi connectivity index (χ0) is 28.9. The smallest absolute Gasteiger partial charge is 0.264 e. The standard InChI is InChI=1S/C30H36ClN3O6S/c1-19-29(36)32-41(37,38)24-8-10-27-26(13-24)34(14-21-5-6-22(21)15-39-16-28(35)33(19)2)17-30(18-40-27)11-3-4-20-12-23(31)7-9-25(20)30/h7-10,12-13,19,21-22H,3-6,11,14-18H2,1-2H3,(H,32,36)/t19-,21-,22-,30-/m0/s1. The number of sulfonamides is 1. The second kappa shape index (κ2) is 10.8. The average Bonchev–Trinajstić information content (AvgIpc) is 3.08. The highest BCUT2D eigenvalue weighted by Gasteiger charge is 2.44. The van der Waals surface area contributed by atoms with E-state index < -0.39 is 22.0 Å². The largest absolute Gasteiger partial charge is 0.490 e. The number of amides is 2. The van der Waals surface area contributed by atoms with Crippen LogP contribution in [0.2, 0.25) is 5.02 Å². The molecule has 2 heterocycles. The van der Waals surface area contributed by atoms with Crippen molar-refractivity contribution in [3.8, 4) is 5.75 Å². The molecule has 0 saturated heterocycles. The van der Waals surface area contributed by atoms with E-state index in [2.05, 4.69) is 21.8 Å². The van der Waals surface area contributed by atoms with Crippen molar-refractivity contribution >= 4 is 39.1 Å². The molecule has 4 aliphatic rings. The van der Waals surface area contributed by atoms with Crippen LogP contribution >= 0.6 is 11.6 Å². The predicted molar refractivity (Wildman–Crippen MR) is 155 cm³/mol. The number of rotatable bonds is 0. The predicted octanol–water partition coefficient (Wildman–Crippen LogP) is 3.52. The van der Waals surface area contributed by atoms with Crippen molar-refractivity contribution in [2.45, 2.75) is 55.4 Å². The maximum atomic E-state index is 13.4. The van der Waals surface area contributed by atoms with Crippen LogP contribution in [0.1, 0.15) is 43.7 Å². The highest BCUT2D eigenvalue weighted by Crippen LogP contribution is 2.46. The van der Waals surface area contributed by atoms with Crippen molar-refractivity contribution in [1.82, 2.24) is 9.62 Å². The Bertz CT molecular complexity index is 1480. The van der Waals surface area contributed by atoms with Gasteiger partial charge in [0.2, 0.25) is 5.91 Å². The summed E-state index contributed by atoms with van der Waals surface area (Å²) >= 11 is 6.36. The van der Waals surface area contributed by atoms with Crippen LogP contribution in [0.15, 0.2) is 41.3 Å². The Kier molecular flexibility index (Phi) is 7.45. The number of nitrogens with zero attached hydrogens (tertiary/aromatic N) is 2. The number of carbonyl (C=O) groups is 2. The molecule has 1 saturated carbocycles. The first-order valence-corrected chi connectivity index (χ1v) is 16.1. The SMILES string of the molecule is C[C@H]1C(=O)NS(=O)(=O)c2ccc3c(c2)N(C[C@@H]2CC[C@H]2COCC(=O)N1C)C[C@@]1(CCCc2cc(Cl)ccc21)CO3. The monoisotopic (exact) mass is 601 g/mol. The van der Waals surface area contributed by atoms with E-state index in [1.807, 2.05) is 6.07 Å². The summed E-state index contributed by atoms with van der Waals surface area (Å²) in [6.45, 7) is 3.63. The number of hydrogen-bond acceptors (Lipinski definition) is 7. The fraction of sp³-hybridized carbons (Fsp3) is 0.533. The van der Waals surface area contributed by atoms with Crippen LogP contribution in [0.3, 0.4) is 0 Å². The van der Waals surface area contributed by atoms with Crippen LogP contribution in [-0.2, 0) is 36.2 Å². The fourth-order valence-electron chi connectivity index (χ4n) is 6.71. The molecule has 0 aromatic heterocycles. The number of benzene rings is 2. The maximum Gasteiger partial charge on any atom is 0.264 e. The van der Waals surface area contributed by atoms with Gasteiger partial charge in [0.15, 0.2) is 0 Å². The highest BCUT2D eigenvalue weighted by atomic mass is 35.5. The van der Waals surface area contributed by atoms with E-state index in [0.717, 1.165) is 37.1 Å². The molecule has 1 spiro atoms. The quantitative estimate of drug-likeness (QED) is 0.493. The third-order valence-corrected chi connectivity index (χ3v) is 11.1. The van der Waals surface area contributed by atoms with Crippen LogP contribution in [-0.4, -0.2) is 71.1 Å². The third-order valence-electron chi connectivity index (χ3n) is 9.49. The molecule has 11 heteroatoms. The lowest BCUT2D eigenvalue weighted by molar-refractivity contribution is -0.142. The summed E-state index contributed by atoms with van der Waals surface area (Å²) in [4.78, 5) is 29.1. The van der Waals surface area contributed by atoms with Crippen LogP contribution in [0.25, 0.3) is 0 Å². The zero-order valence-electron chi connectivity index (χ0n) is 23.4. The lowest BCUT2D eigenvalue weighted by Gasteiger charge is -2.44. The third kappa shape index (κ3) is 5.30. The molecule has 2 bridgehead atoms. The van der Waals surface area contributed by atoms with Gasteiger partial charge in [-0.15, -0.1) is 0 Å². The van der Waals surface area contributed by atoms with E-state index >= 15 is 0 Å². The van der Waals surface area contributed by atoms with Gasteiger partial charge in [0.1, 0.15) is 18.4 Å². The van der Waals surface area contributed by atoms with Gasteiger partial charge >= 0.3 is 0 Å². The van der Waals surface area contributed by atoms with Crippen molar-refractivity contribution in [1.29, 1.82) is 0 Å². The average molecular weight is 602 g/mol. The van der Waals surface area contributed by atoms with E-state index in [1.165, 1.54) is 36.1 Å². The fourth-order valence-corrected chi connectivity index (χ4v) is 7.97. The molecule has 2 aliphatic carbocycles. The molecule has 9 nitrogen and oxygen atoms in total. The lowest BCUT2D eigenvalue weighted by Crippen LogP contribution is -2.49. The van der Waals surface area contributed by atoms with Crippen LogP contribution in [0, 0.1) is 11.8 Å². The molecule has 220 valence electrons. The summed E-state index contributed by atoms with van der Waals surface area (Å²) in [5.41, 5.74) is 2.89. The van der Waals surface area contributed by atoms with Crippen molar-refractivity contribution in [3.63, 3.8) is 0 Å². The molecular formula is C30H36ClN3O6S. The van der Waals surface area contributed by atoms with Crippen LogP contribution in [0.4, 0.5) is 5.69 Å². The van der Waals surface area contributed by atoms with E-state index in [-0.39, 0.29) is 28.7 Å². The van der Waals surface area contributed by atoms with Gasteiger partial charge in [-0.2, -0.15) is 0 Å². The molecule has 2 aromatic carbocycles. The second-order valence-electron chi connectivity index (χ2n) is 12.0.